The molecule has 1 saturated heterocycles. The van der Waals surface area contributed by atoms with Crippen molar-refractivity contribution >= 4 is 17.0 Å². The summed E-state index contributed by atoms with van der Waals surface area (Å²) in [6.07, 6.45) is 1.23. The Kier molecular flexibility index (Phi) is 4.39. The maximum Gasteiger partial charge on any atom is 0.311 e. The minimum absolute atomic E-state index is 0.0770. The number of methoxy groups -OCH3 is 1. The van der Waals surface area contributed by atoms with Gasteiger partial charge >= 0.3 is 11.8 Å². The van der Waals surface area contributed by atoms with Crippen LogP contribution in [-0.4, -0.2) is 57.8 Å². The van der Waals surface area contributed by atoms with E-state index in [2.05, 4.69) is 10.2 Å². The van der Waals surface area contributed by atoms with Crippen molar-refractivity contribution in [3.05, 3.63) is 30.2 Å². The molecule has 0 aliphatic carbocycles. The molecule has 1 aromatic carbocycles. The lowest BCUT2D eigenvalue weighted by molar-refractivity contribution is 0.0202. The fourth-order valence-corrected chi connectivity index (χ4v) is 2.66. The van der Waals surface area contributed by atoms with Crippen molar-refractivity contribution in [3.8, 4) is 17.2 Å². The first-order valence-corrected chi connectivity index (χ1v) is 8.33. The van der Waals surface area contributed by atoms with E-state index in [1.807, 2.05) is 0 Å². The van der Waals surface area contributed by atoms with Crippen LogP contribution in [0.2, 0.25) is 0 Å². The van der Waals surface area contributed by atoms with Crippen LogP contribution in [-0.2, 0) is 15.3 Å². The van der Waals surface area contributed by atoms with Crippen molar-refractivity contribution < 1.29 is 22.3 Å². The molecule has 1 fully saturated rings. The normalized spacial score (nSPS) is 16.0. The van der Waals surface area contributed by atoms with Gasteiger partial charge in [0.1, 0.15) is 11.9 Å². The Morgan fingerprint density at radius 2 is 2.00 bits per heavy atom. The molecular formula is C14H15N3O5S. The maximum absolute atomic E-state index is 12.2. The van der Waals surface area contributed by atoms with Crippen LogP contribution in [0.5, 0.6) is 5.75 Å². The molecule has 0 saturated carbocycles. The zero-order chi connectivity index (χ0) is 16.4. The molecule has 1 amide bonds. The third kappa shape index (κ3) is 3.40. The highest BCUT2D eigenvalue weighted by Gasteiger charge is 2.35. The van der Waals surface area contributed by atoms with Crippen LogP contribution >= 0.6 is 0 Å². The van der Waals surface area contributed by atoms with E-state index in [0.717, 1.165) is 0 Å². The van der Waals surface area contributed by atoms with Crippen molar-refractivity contribution in [2.75, 3.05) is 26.5 Å². The summed E-state index contributed by atoms with van der Waals surface area (Å²) in [7, 11) is 1.58. The van der Waals surface area contributed by atoms with Crippen molar-refractivity contribution in [2.24, 2.45) is 0 Å². The van der Waals surface area contributed by atoms with Gasteiger partial charge < -0.3 is 14.1 Å². The van der Waals surface area contributed by atoms with Crippen LogP contribution < -0.4 is 4.74 Å². The van der Waals surface area contributed by atoms with Gasteiger partial charge in [0.05, 0.1) is 20.2 Å². The number of carbonyl (C=O) groups is 1. The molecule has 1 aliphatic heterocycles. The van der Waals surface area contributed by atoms with Gasteiger partial charge in [-0.15, -0.1) is 10.2 Å². The van der Waals surface area contributed by atoms with E-state index < -0.39 is 11.1 Å². The number of likely N-dealkylation sites (tertiary alicyclic amines) is 1. The Morgan fingerprint density at radius 1 is 1.30 bits per heavy atom. The van der Waals surface area contributed by atoms with Gasteiger partial charge in [0, 0.05) is 11.8 Å². The summed E-state index contributed by atoms with van der Waals surface area (Å²) in [6.45, 7) is 0.720. The Bertz CT molecular complexity index is 724. The van der Waals surface area contributed by atoms with Crippen molar-refractivity contribution in [2.45, 2.75) is 6.10 Å². The Balaban J connectivity index is 1.65. The van der Waals surface area contributed by atoms with Crippen LogP contribution in [0, 0.1) is 0 Å². The van der Waals surface area contributed by atoms with Crippen LogP contribution in [0.15, 0.2) is 28.7 Å². The number of aromatic nitrogens is 2. The molecule has 0 bridgehead atoms. The fourth-order valence-electron chi connectivity index (χ4n) is 2.15. The fraction of sp³-hybridized carbons (Fsp3) is 0.357. The SMILES string of the molecule is COc1ccc(-c2nnc(C(=O)N3CC(OS(C)=O)C3)o2)cc1. The minimum atomic E-state index is -1.34. The average molecular weight is 337 g/mol. The van der Waals surface area contributed by atoms with Gasteiger partial charge in [-0.2, -0.15) is 0 Å². The van der Waals surface area contributed by atoms with E-state index in [0.29, 0.717) is 24.4 Å². The molecule has 23 heavy (non-hydrogen) atoms. The summed E-state index contributed by atoms with van der Waals surface area (Å²) in [5.41, 5.74) is 0.698. The van der Waals surface area contributed by atoms with Crippen LogP contribution in [0.3, 0.4) is 0 Å². The number of ether oxygens (including phenoxy) is 1. The van der Waals surface area contributed by atoms with Crippen molar-refractivity contribution in [1.82, 2.24) is 15.1 Å². The molecule has 1 aliphatic rings. The maximum atomic E-state index is 12.2. The first kappa shape index (κ1) is 15.6. The number of carbonyl (C=O) groups excluding carboxylic acids is 1. The predicted molar refractivity (Wildman–Crippen MR) is 81.1 cm³/mol. The Labute approximate surface area is 135 Å². The number of amides is 1. The van der Waals surface area contributed by atoms with Crippen molar-refractivity contribution in [1.29, 1.82) is 0 Å². The quantitative estimate of drug-likeness (QED) is 0.799. The molecule has 0 N–H and O–H groups in total. The van der Waals surface area contributed by atoms with Gasteiger partial charge in [-0.3, -0.25) is 8.98 Å². The lowest BCUT2D eigenvalue weighted by atomic mass is 10.2. The first-order valence-electron chi connectivity index (χ1n) is 6.84. The van der Waals surface area contributed by atoms with E-state index in [-0.39, 0.29) is 23.8 Å². The highest BCUT2D eigenvalue weighted by Crippen LogP contribution is 2.22. The van der Waals surface area contributed by atoms with Gasteiger partial charge in [0.25, 0.3) is 0 Å². The number of hydrogen-bond acceptors (Lipinski definition) is 7. The highest BCUT2D eigenvalue weighted by atomic mass is 32.2. The summed E-state index contributed by atoms with van der Waals surface area (Å²) in [6, 6.07) is 7.07. The number of rotatable bonds is 5. The third-order valence-corrected chi connectivity index (χ3v) is 3.89. The number of nitrogens with zero attached hydrogens (tertiary/aromatic N) is 3. The smallest absolute Gasteiger partial charge is 0.311 e. The molecular weight excluding hydrogens is 322 g/mol. The molecule has 2 heterocycles. The van der Waals surface area contributed by atoms with Gasteiger partial charge in [-0.05, 0) is 24.3 Å². The molecule has 1 atom stereocenters. The summed E-state index contributed by atoms with van der Waals surface area (Å²) in [5.74, 6) is 0.536. The second-order valence-corrected chi connectivity index (χ2v) is 5.97. The minimum Gasteiger partial charge on any atom is -0.497 e. The lowest BCUT2D eigenvalue weighted by Gasteiger charge is -2.36. The Hall–Kier alpha value is -2.26. The largest absolute Gasteiger partial charge is 0.497 e. The molecule has 3 rings (SSSR count). The molecule has 2 aromatic rings. The van der Waals surface area contributed by atoms with Gasteiger partial charge in [-0.1, -0.05) is 0 Å². The van der Waals surface area contributed by atoms with E-state index in [4.69, 9.17) is 13.3 Å². The zero-order valence-electron chi connectivity index (χ0n) is 12.6. The summed E-state index contributed by atoms with van der Waals surface area (Å²) in [4.78, 5) is 13.7. The van der Waals surface area contributed by atoms with E-state index in [9.17, 15) is 9.00 Å². The van der Waals surface area contributed by atoms with E-state index in [1.165, 1.54) is 11.2 Å². The molecule has 1 unspecified atom stereocenters. The van der Waals surface area contributed by atoms with Crippen LogP contribution in [0.25, 0.3) is 11.5 Å². The second-order valence-electron chi connectivity index (χ2n) is 4.97. The first-order chi connectivity index (χ1) is 11.1. The van der Waals surface area contributed by atoms with Gasteiger partial charge in [0.15, 0.2) is 11.1 Å². The molecule has 1 aromatic heterocycles. The van der Waals surface area contributed by atoms with Crippen LogP contribution in [0.1, 0.15) is 10.7 Å². The van der Waals surface area contributed by atoms with E-state index >= 15 is 0 Å². The topological polar surface area (TPSA) is 94.8 Å². The number of hydrogen-bond donors (Lipinski definition) is 0. The second kappa shape index (κ2) is 6.47. The standard InChI is InChI=1S/C14H15N3O5S/c1-20-10-5-3-9(4-6-10)12-15-16-13(21-12)14(18)17-7-11(8-17)22-23(2)19/h3-6,11H,7-8H2,1-2H3. The molecule has 8 nitrogen and oxygen atoms in total. The van der Waals surface area contributed by atoms with Crippen LogP contribution in [0.4, 0.5) is 0 Å². The van der Waals surface area contributed by atoms with Crippen molar-refractivity contribution in [3.63, 3.8) is 0 Å². The molecule has 9 heteroatoms. The lowest BCUT2D eigenvalue weighted by Crippen LogP contribution is -2.54. The molecule has 0 radical (unpaired) electrons. The van der Waals surface area contributed by atoms with Gasteiger partial charge in [-0.25, -0.2) is 4.21 Å². The highest BCUT2D eigenvalue weighted by molar-refractivity contribution is 7.79. The summed E-state index contributed by atoms with van der Waals surface area (Å²) in [5, 5.41) is 7.67. The molecule has 122 valence electrons. The van der Waals surface area contributed by atoms with Gasteiger partial charge in [0.2, 0.25) is 5.89 Å². The number of benzene rings is 1. The van der Waals surface area contributed by atoms with E-state index in [1.54, 1.807) is 31.4 Å². The third-order valence-electron chi connectivity index (χ3n) is 3.35. The average Bonchev–Trinajstić information content (AvgIpc) is 2.99. The monoisotopic (exact) mass is 337 g/mol. The Morgan fingerprint density at radius 3 is 2.61 bits per heavy atom. The summed E-state index contributed by atoms with van der Waals surface area (Å²) >= 11 is -1.34. The molecule has 0 spiro atoms. The zero-order valence-corrected chi connectivity index (χ0v) is 13.4. The predicted octanol–water partition coefficient (Wildman–Crippen LogP) is 0.880. The summed E-state index contributed by atoms with van der Waals surface area (Å²) < 4.78 is 26.5.